The summed E-state index contributed by atoms with van der Waals surface area (Å²) < 4.78 is 32.7. The van der Waals surface area contributed by atoms with Gasteiger partial charge in [-0.3, -0.25) is 0 Å². The van der Waals surface area contributed by atoms with E-state index in [-0.39, 0.29) is 16.7 Å². The van der Waals surface area contributed by atoms with Gasteiger partial charge in [0.1, 0.15) is 17.4 Å². The van der Waals surface area contributed by atoms with Crippen molar-refractivity contribution >= 4 is 0 Å². The highest BCUT2D eigenvalue weighted by Crippen LogP contribution is 2.44. The zero-order valence-corrected chi connectivity index (χ0v) is 12.1. The van der Waals surface area contributed by atoms with Crippen LogP contribution in [0.2, 0.25) is 0 Å². The van der Waals surface area contributed by atoms with E-state index in [0.29, 0.717) is 13.0 Å². The summed E-state index contributed by atoms with van der Waals surface area (Å²) in [5, 5.41) is 0. The van der Waals surface area contributed by atoms with Crippen LogP contribution in [0.3, 0.4) is 0 Å². The van der Waals surface area contributed by atoms with Crippen molar-refractivity contribution in [2.45, 2.75) is 44.9 Å². The smallest absolute Gasteiger partial charge is 0.133 e. The minimum absolute atomic E-state index is 0.175. The fraction of sp³-hybridized carbons (Fsp3) is 0.625. The predicted octanol–water partition coefficient (Wildman–Crippen LogP) is 3.82. The van der Waals surface area contributed by atoms with Crippen LogP contribution in [0.5, 0.6) is 5.75 Å². The Morgan fingerprint density at radius 1 is 1.15 bits per heavy atom. The lowest BCUT2D eigenvalue weighted by Crippen LogP contribution is -2.22. The molecule has 2 rings (SSSR count). The topological polar surface area (TPSA) is 35.2 Å². The van der Waals surface area contributed by atoms with E-state index >= 15 is 0 Å². The van der Waals surface area contributed by atoms with Crippen LogP contribution in [-0.4, -0.2) is 13.7 Å². The van der Waals surface area contributed by atoms with Gasteiger partial charge in [0.2, 0.25) is 0 Å². The molecule has 2 N–H and O–H groups in total. The zero-order chi connectivity index (χ0) is 14.6. The third-order valence-corrected chi connectivity index (χ3v) is 4.59. The van der Waals surface area contributed by atoms with E-state index in [1.165, 1.54) is 32.1 Å². The van der Waals surface area contributed by atoms with Crippen LogP contribution in [-0.2, 0) is 6.42 Å². The largest absolute Gasteiger partial charge is 0.497 e. The summed E-state index contributed by atoms with van der Waals surface area (Å²) in [6, 6.07) is 2.51. The quantitative estimate of drug-likeness (QED) is 0.861. The summed E-state index contributed by atoms with van der Waals surface area (Å²) in [5.41, 5.74) is 6.06. The number of rotatable bonds is 6. The molecule has 0 aromatic heterocycles. The van der Waals surface area contributed by atoms with Crippen LogP contribution in [0, 0.1) is 17.0 Å². The number of halogens is 2. The number of benzene rings is 1. The Bertz CT molecular complexity index is 433. The van der Waals surface area contributed by atoms with Gasteiger partial charge in [-0.25, -0.2) is 8.78 Å². The van der Waals surface area contributed by atoms with Crippen LogP contribution >= 0.6 is 0 Å². The first-order valence-electron chi connectivity index (χ1n) is 7.32. The molecule has 0 spiro atoms. The molecule has 2 nitrogen and oxygen atoms in total. The third kappa shape index (κ3) is 3.29. The highest BCUT2D eigenvalue weighted by atomic mass is 19.1. The van der Waals surface area contributed by atoms with Crippen molar-refractivity contribution in [2.24, 2.45) is 11.1 Å². The van der Waals surface area contributed by atoms with E-state index in [9.17, 15) is 8.78 Å². The van der Waals surface area contributed by atoms with Crippen molar-refractivity contribution in [1.29, 1.82) is 0 Å². The molecule has 4 heteroatoms. The van der Waals surface area contributed by atoms with Crippen molar-refractivity contribution in [3.63, 3.8) is 0 Å². The third-order valence-electron chi connectivity index (χ3n) is 4.59. The van der Waals surface area contributed by atoms with Gasteiger partial charge in [-0.2, -0.15) is 0 Å². The van der Waals surface area contributed by atoms with Crippen molar-refractivity contribution < 1.29 is 13.5 Å². The molecule has 0 radical (unpaired) electrons. The van der Waals surface area contributed by atoms with Gasteiger partial charge in [0.15, 0.2) is 0 Å². The van der Waals surface area contributed by atoms with E-state index in [1.807, 2.05) is 0 Å². The summed E-state index contributed by atoms with van der Waals surface area (Å²) in [5.74, 6) is -0.799. The number of methoxy groups -OCH3 is 1. The molecule has 1 aliphatic carbocycles. The summed E-state index contributed by atoms with van der Waals surface area (Å²) in [4.78, 5) is 0. The Balaban J connectivity index is 2.10. The molecular weight excluding hydrogens is 260 g/mol. The maximum absolute atomic E-state index is 13.9. The van der Waals surface area contributed by atoms with E-state index in [2.05, 4.69) is 0 Å². The van der Waals surface area contributed by atoms with Gasteiger partial charge in [-0.05, 0) is 44.1 Å². The molecule has 1 aromatic rings. The minimum atomic E-state index is -0.511. The van der Waals surface area contributed by atoms with Crippen LogP contribution in [0.1, 0.15) is 44.1 Å². The standard InChI is InChI=1S/C16H23F2NO/c1-20-12-10-14(17)13(15(18)11-12)4-7-16(8-9-19)5-2-3-6-16/h10-11H,2-9,19H2,1H3. The number of nitrogens with two attached hydrogens (primary N) is 1. The van der Waals surface area contributed by atoms with Gasteiger partial charge in [0.05, 0.1) is 7.11 Å². The normalized spacial score (nSPS) is 17.4. The first kappa shape index (κ1) is 15.2. The Morgan fingerprint density at radius 2 is 1.75 bits per heavy atom. The predicted molar refractivity (Wildman–Crippen MR) is 75.8 cm³/mol. The Labute approximate surface area is 119 Å². The molecule has 1 fully saturated rings. The fourth-order valence-electron chi connectivity index (χ4n) is 3.38. The Morgan fingerprint density at radius 3 is 2.25 bits per heavy atom. The van der Waals surface area contributed by atoms with Crippen LogP contribution in [0.25, 0.3) is 0 Å². The van der Waals surface area contributed by atoms with Crippen LogP contribution in [0.4, 0.5) is 8.78 Å². The molecule has 1 aromatic carbocycles. The van der Waals surface area contributed by atoms with Gasteiger partial charge in [-0.15, -0.1) is 0 Å². The molecule has 20 heavy (non-hydrogen) atoms. The summed E-state index contributed by atoms with van der Waals surface area (Å²) in [6.45, 7) is 0.646. The second-order valence-electron chi connectivity index (χ2n) is 5.82. The lowest BCUT2D eigenvalue weighted by Gasteiger charge is -2.28. The minimum Gasteiger partial charge on any atom is -0.497 e. The van der Waals surface area contributed by atoms with E-state index in [0.717, 1.165) is 25.7 Å². The van der Waals surface area contributed by atoms with Crippen molar-refractivity contribution in [3.8, 4) is 5.75 Å². The molecule has 0 aliphatic heterocycles. The lowest BCUT2D eigenvalue weighted by molar-refractivity contribution is 0.251. The average Bonchev–Trinajstić information content (AvgIpc) is 2.87. The van der Waals surface area contributed by atoms with Gasteiger partial charge in [-0.1, -0.05) is 12.8 Å². The highest BCUT2D eigenvalue weighted by Gasteiger charge is 2.33. The summed E-state index contributed by atoms with van der Waals surface area (Å²) >= 11 is 0. The lowest BCUT2D eigenvalue weighted by atomic mass is 9.77. The number of hydrogen-bond donors (Lipinski definition) is 1. The zero-order valence-electron chi connectivity index (χ0n) is 12.1. The van der Waals surface area contributed by atoms with Gasteiger partial charge in [0, 0.05) is 17.7 Å². The molecule has 0 saturated heterocycles. The second-order valence-corrected chi connectivity index (χ2v) is 5.82. The van der Waals surface area contributed by atoms with Crippen molar-refractivity contribution in [2.75, 3.05) is 13.7 Å². The molecule has 0 atom stereocenters. The van der Waals surface area contributed by atoms with Crippen LogP contribution in [0.15, 0.2) is 12.1 Å². The van der Waals surface area contributed by atoms with E-state index in [4.69, 9.17) is 10.5 Å². The van der Waals surface area contributed by atoms with Gasteiger partial charge >= 0.3 is 0 Å². The molecule has 0 amide bonds. The Hall–Kier alpha value is -1.16. The summed E-state index contributed by atoms with van der Waals surface area (Å²) in [6.07, 6.45) is 6.85. The molecule has 0 bridgehead atoms. The fourth-order valence-corrected chi connectivity index (χ4v) is 3.38. The molecular formula is C16H23F2NO. The molecule has 0 unspecified atom stereocenters. The molecule has 112 valence electrons. The van der Waals surface area contributed by atoms with Crippen molar-refractivity contribution in [1.82, 2.24) is 0 Å². The maximum atomic E-state index is 13.9. The average molecular weight is 283 g/mol. The van der Waals surface area contributed by atoms with Gasteiger partial charge in [0.25, 0.3) is 0 Å². The number of hydrogen-bond acceptors (Lipinski definition) is 2. The summed E-state index contributed by atoms with van der Waals surface area (Å²) in [7, 11) is 1.41. The molecule has 1 saturated carbocycles. The monoisotopic (exact) mass is 283 g/mol. The number of ether oxygens (including phenoxy) is 1. The van der Waals surface area contributed by atoms with Crippen LogP contribution < -0.4 is 10.5 Å². The first-order valence-corrected chi connectivity index (χ1v) is 7.32. The Kier molecular flexibility index (Phi) is 4.97. The SMILES string of the molecule is COc1cc(F)c(CCC2(CCN)CCCC2)c(F)c1. The highest BCUT2D eigenvalue weighted by molar-refractivity contribution is 5.30. The van der Waals surface area contributed by atoms with E-state index < -0.39 is 11.6 Å². The van der Waals surface area contributed by atoms with Crippen molar-refractivity contribution in [3.05, 3.63) is 29.3 Å². The second kappa shape index (κ2) is 6.53. The maximum Gasteiger partial charge on any atom is 0.133 e. The van der Waals surface area contributed by atoms with Gasteiger partial charge < -0.3 is 10.5 Å². The molecule has 0 heterocycles. The first-order chi connectivity index (χ1) is 9.60. The molecule has 1 aliphatic rings. The van der Waals surface area contributed by atoms with E-state index in [1.54, 1.807) is 0 Å².